The number of hydrogen-bond donors (Lipinski definition) is 1. The fourth-order valence-corrected chi connectivity index (χ4v) is 4.71. The van der Waals surface area contributed by atoms with E-state index in [1.165, 1.54) is 87.6 Å². The fourth-order valence-electron chi connectivity index (χ4n) is 4.71. The molecule has 0 aliphatic heterocycles. The number of rotatable bonds is 11. The van der Waals surface area contributed by atoms with Crippen LogP contribution >= 0.6 is 24.8 Å². The van der Waals surface area contributed by atoms with Crippen LogP contribution in [0.25, 0.3) is 0 Å². The van der Waals surface area contributed by atoms with Crippen LogP contribution in [0.4, 0.5) is 5.69 Å². The van der Waals surface area contributed by atoms with E-state index in [9.17, 15) is 0 Å². The fraction of sp³-hybridized carbons (Fsp3) is 0.538. The lowest BCUT2D eigenvalue weighted by molar-refractivity contribution is 0.176. The van der Waals surface area contributed by atoms with Crippen molar-refractivity contribution in [1.29, 1.82) is 0 Å². The molecule has 0 aromatic heterocycles. The first kappa shape index (κ1) is 26.8. The molecule has 30 heavy (non-hydrogen) atoms. The number of nitrogens with zero attached hydrogens (tertiary/aromatic N) is 1. The highest BCUT2D eigenvalue weighted by Crippen LogP contribution is 2.29. The van der Waals surface area contributed by atoms with Gasteiger partial charge < -0.3 is 10.6 Å². The van der Waals surface area contributed by atoms with Gasteiger partial charge in [0.1, 0.15) is 0 Å². The average Bonchev–Trinajstić information content (AvgIpc) is 2.73. The topological polar surface area (TPSA) is 29.3 Å². The van der Waals surface area contributed by atoms with Gasteiger partial charge in [0, 0.05) is 11.7 Å². The molecular weight excluding hydrogens is 411 g/mol. The third-order valence-electron chi connectivity index (χ3n) is 6.27. The van der Waals surface area contributed by atoms with Crippen molar-refractivity contribution in [2.24, 2.45) is 0 Å². The molecule has 2 aromatic rings. The van der Waals surface area contributed by atoms with Crippen LogP contribution < -0.4 is 5.73 Å². The highest BCUT2D eigenvalue weighted by atomic mass is 35.5. The summed E-state index contributed by atoms with van der Waals surface area (Å²) in [4.78, 5) is 2.76. The quantitative estimate of drug-likeness (QED) is 0.298. The van der Waals surface area contributed by atoms with Crippen molar-refractivity contribution in [1.82, 2.24) is 4.90 Å². The van der Waals surface area contributed by atoms with Crippen LogP contribution in [0.1, 0.15) is 68.6 Å². The summed E-state index contributed by atoms with van der Waals surface area (Å²) in [7, 11) is 0. The molecule has 0 radical (unpaired) electrons. The zero-order valence-corrected chi connectivity index (χ0v) is 20.2. The summed E-state index contributed by atoms with van der Waals surface area (Å²) >= 11 is 0. The Bertz CT molecular complexity index is 705. The third kappa shape index (κ3) is 8.13. The number of nitrogen functional groups attached to an aromatic ring is 1. The lowest BCUT2D eigenvalue weighted by atomic mass is 9.86. The van der Waals surface area contributed by atoms with Gasteiger partial charge in [-0.05, 0) is 80.8 Å². The Morgan fingerprint density at radius 2 is 1.60 bits per heavy atom. The van der Waals surface area contributed by atoms with Crippen molar-refractivity contribution < 1.29 is 0 Å². The van der Waals surface area contributed by atoms with E-state index >= 15 is 0 Å². The maximum Gasteiger partial charge on any atom is 0.0349 e. The van der Waals surface area contributed by atoms with Gasteiger partial charge in [0.25, 0.3) is 0 Å². The lowest BCUT2D eigenvalue weighted by Gasteiger charge is -2.35. The van der Waals surface area contributed by atoms with Gasteiger partial charge in [-0.15, -0.1) is 24.8 Å². The molecule has 3 rings (SSSR count). The monoisotopic (exact) mass is 450 g/mol. The number of unbranched alkanes of at least 4 members (excludes halogenated alkanes) is 4. The number of benzene rings is 2. The summed E-state index contributed by atoms with van der Waals surface area (Å²) in [6.45, 7) is 4.80. The van der Waals surface area contributed by atoms with Crippen molar-refractivity contribution in [3.63, 3.8) is 0 Å². The van der Waals surface area contributed by atoms with Gasteiger partial charge in [0.15, 0.2) is 0 Å². The van der Waals surface area contributed by atoms with Gasteiger partial charge in [-0.3, -0.25) is 0 Å². The van der Waals surface area contributed by atoms with Crippen molar-refractivity contribution in [2.75, 3.05) is 18.8 Å². The van der Waals surface area contributed by atoms with Crippen LogP contribution in [-0.4, -0.2) is 24.0 Å². The largest absolute Gasteiger partial charge is 0.398 e. The van der Waals surface area contributed by atoms with Gasteiger partial charge in [0.05, 0.1) is 0 Å². The van der Waals surface area contributed by atoms with Crippen LogP contribution in [0.2, 0.25) is 0 Å². The van der Waals surface area contributed by atoms with Crippen LogP contribution in [0.3, 0.4) is 0 Å². The van der Waals surface area contributed by atoms with E-state index in [1.54, 1.807) is 0 Å². The van der Waals surface area contributed by atoms with Crippen molar-refractivity contribution >= 4 is 30.5 Å². The summed E-state index contributed by atoms with van der Waals surface area (Å²) in [6.07, 6.45) is 12.8. The van der Waals surface area contributed by atoms with E-state index in [0.29, 0.717) is 6.04 Å². The number of halogens is 2. The van der Waals surface area contributed by atoms with Crippen LogP contribution in [0, 0.1) is 0 Å². The molecule has 1 unspecified atom stereocenters. The Hall–Kier alpha value is -1.22. The Labute approximate surface area is 196 Å². The summed E-state index contributed by atoms with van der Waals surface area (Å²) in [5, 5.41) is 0. The standard InChI is InChI=1S/C26H38N2.2ClH/c1-2-19-28(24-17-18-25-23(21-24)15-11-16-26(25)27)20-10-5-3-4-7-12-22-13-8-6-9-14-22;;/h6,8-9,11,13-16,24H,2-5,7,10,12,17-21,27H2,1H3;2*1H. The maximum absolute atomic E-state index is 6.18. The van der Waals surface area contributed by atoms with Crippen LogP contribution in [-0.2, 0) is 19.3 Å². The molecule has 2 aromatic carbocycles. The molecule has 0 spiro atoms. The van der Waals surface area contributed by atoms with Crippen molar-refractivity contribution in [3.8, 4) is 0 Å². The summed E-state index contributed by atoms with van der Waals surface area (Å²) in [5.41, 5.74) is 11.6. The number of anilines is 1. The predicted octanol–water partition coefficient (Wildman–Crippen LogP) is 6.87. The van der Waals surface area contributed by atoms with E-state index in [1.807, 2.05) is 0 Å². The summed E-state index contributed by atoms with van der Waals surface area (Å²) < 4.78 is 0. The molecule has 0 bridgehead atoms. The van der Waals surface area contributed by atoms with Gasteiger partial charge in [-0.2, -0.15) is 0 Å². The Morgan fingerprint density at radius 3 is 2.37 bits per heavy atom. The van der Waals surface area contributed by atoms with E-state index in [0.717, 1.165) is 12.1 Å². The van der Waals surface area contributed by atoms with Crippen molar-refractivity contribution in [2.45, 2.75) is 77.2 Å². The van der Waals surface area contributed by atoms with E-state index in [2.05, 4.69) is 60.4 Å². The first-order valence-electron chi connectivity index (χ1n) is 11.4. The van der Waals surface area contributed by atoms with Gasteiger partial charge >= 0.3 is 0 Å². The molecule has 168 valence electrons. The predicted molar refractivity (Wildman–Crippen MR) is 136 cm³/mol. The van der Waals surface area contributed by atoms with E-state index in [-0.39, 0.29) is 24.8 Å². The zero-order chi connectivity index (χ0) is 19.6. The second-order valence-electron chi connectivity index (χ2n) is 8.42. The maximum atomic E-state index is 6.18. The molecule has 0 amide bonds. The molecular formula is C26H40Cl2N2. The normalized spacial score (nSPS) is 15.2. The van der Waals surface area contributed by atoms with E-state index < -0.39 is 0 Å². The molecule has 0 fully saturated rings. The minimum Gasteiger partial charge on any atom is -0.398 e. The minimum absolute atomic E-state index is 0. The Kier molecular flexibility index (Phi) is 13.2. The molecule has 2 nitrogen and oxygen atoms in total. The smallest absolute Gasteiger partial charge is 0.0349 e. The van der Waals surface area contributed by atoms with Gasteiger partial charge in [-0.25, -0.2) is 0 Å². The highest BCUT2D eigenvalue weighted by molar-refractivity contribution is 5.85. The number of hydrogen-bond acceptors (Lipinski definition) is 2. The number of nitrogens with two attached hydrogens (primary N) is 1. The summed E-state index contributed by atoms with van der Waals surface area (Å²) in [5.74, 6) is 0. The van der Waals surface area contributed by atoms with E-state index in [4.69, 9.17) is 5.73 Å². The molecule has 1 atom stereocenters. The highest BCUT2D eigenvalue weighted by Gasteiger charge is 2.24. The molecule has 0 saturated heterocycles. The molecule has 1 aliphatic carbocycles. The SMILES string of the molecule is CCCN(CCCCCCCc1ccccc1)C1CCc2c(N)cccc2C1.Cl.Cl. The number of aryl methyl sites for hydroxylation is 1. The number of fused-ring (bicyclic) bond motifs is 1. The summed E-state index contributed by atoms with van der Waals surface area (Å²) in [6, 6.07) is 18.1. The second-order valence-corrected chi connectivity index (χ2v) is 8.42. The molecule has 0 saturated carbocycles. The van der Waals surface area contributed by atoms with Crippen molar-refractivity contribution in [3.05, 3.63) is 65.2 Å². The first-order valence-corrected chi connectivity index (χ1v) is 11.4. The molecule has 4 heteroatoms. The molecule has 0 heterocycles. The average molecular weight is 452 g/mol. The third-order valence-corrected chi connectivity index (χ3v) is 6.27. The lowest BCUT2D eigenvalue weighted by Crippen LogP contribution is -2.40. The van der Waals surface area contributed by atoms with Gasteiger partial charge in [-0.1, -0.05) is 68.7 Å². The second kappa shape index (κ2) is 14.7. The Morgan fingerprint density at radius 1 is 0.867 bits per heavy atom. The van der Waals surface area contributed by atoms with Gasteiger partial charge in [0.2, 0.25) is 0 Å². The minimum atomic E-state index is 0. The zero-order valence-electron chi connectivity index (χ0n) is 18.5. The Balaban J connectivity index is 0.00000225. The van der Waals surface area contributed by atoms with Crippen LogP contribution in [0.5, 0.6) is 0 Å². The first-order chi connectivity index (χ1) is 13.8. The van der Waals surface area contributed by atoms with Crippen LogP contribution in [0.15, 0.2) is 48.5 Å². The molecule has 2 N–H and O–H groups in total. The molecule has 1 aliphatic rings.